The molecule has 0 unspecified atom stereocenters. The molecule has 0 aliphatic carbocycles. The first kappa shape index (κ1) is 17.8. The van der Waals surface area contributed by atoms with Gasteiger partial charge in [-0.2, -0.15) is 0 Å². The monoisotopic (exact) mass is 364 g/mol. The summed E-state index contributed by atoms with van der Waals surface area (Å²) in [6, 6.07) is 8.73. The first-order valence-electron chi connectivity index (χ1n) is 8.13. The van der Waals surface area contributed by atoms with Crippen molar-refractivity contribution in [3.8, 4) is 0 Å². The van der Waals surface area contributed by atoms with Gasteiger partial charge in [0.1, 0.15) is 11.6 Å². The van der Waals surface area contributed by atoms with Gasteiger partial charge in [0.05, 0.1) is 6.04 Å². The van der Waals surface area contributed by atoms with E-state index in [0.717, 1.165) is 11.3 Å². The van der Waals surface area contributed by atoms with Crippen LogP contribution >= 0.6 is 11.6 Å². The second-order valence-corrected chi connectivity index (χ2v) is 6.70. The van der Waals surface area contributed by atoms with Gasteiger partial charge in [0.25, 0.3) is 0 Å². The molecule has 6 heteroatoms. The third-order valence-corrected chi connectivity index (χ3v) is 4.89. The molecule has 2 aromatic carbocycles. The van der Waals surface area contributed by atoms with Crippen LogP contribution in [-0.4, -0.2) is 29.9 Å². The summed E-state index contributed by atoms with van der Waals surface area (Å²) in [7, 11) is 0. The second-order valence-electron chi connectivity index (χ2n) is 6.27. The number of aryl methyl sites for hydroxylation is 1. The van der Waals surface area contributed by atoms with Crippen LogP contribution in [0.3, 0.4) is 0 Å². The van der Waals surface area contributed by atoms with Crippen LogP contribution in [0.4, 0.5) is 14.5 Å². The number of benzene rings is 2. The van der Waals surface area contributed by atoms with Crippen LogP contribution in [0.5, 0.6) is 0 Å². The lowest BCUT2D eigenvalue weighted by Crippen LogP contribution is -2.55. The summed E-state index contributed by atoms with van der Waals surface area (Å²) >= 11 is 5.98. The first-order valence-corrected chi connectivity index (χ1v) is 8.50. The molecule has 3 rings (SSSR count). The minimum absolute atomic E-state index is 0.00160. The predicted octanol–water partition coefficient (Wildman–Crippen LogP) is 4.16. The van der Waals surface area contributed by atoms with Crippen LogP contribution in [-0.2, 0) is 11.3 Å². The quantitative estimate of drug-likeness (QED) is 0.816. The lowest BCUT2D eigenvalue weighted by molar-refractivity contribution is -0.125. The van der Waals surface area contributed by atoms with Gasteiger partial charge in [-0.25, -0.2) is 8.78 Å². The Morgan fingerprint density at radius 1 is 1.16 bits per heavy atom. The Kier molecular flexibility index (Phi) is 5.06. The van der Waals surface area contributed by atoms with Gasteiger partial charge in [0.2, 0.25) is 5.91 Å². The molecule has 0 bridgehead atoms. The van der Waals surface area contributed by atoms with E-state index in [1.165, 1.54) is 18.2 Å². The smallest absolute Gasteiger partial charge is 0.244 e. The van der Waals surface area contributed by atoms with E-state index >= 15 is 0 Å². The van der Waals surface area contributed by atoms with Crippen molar-refractivity contribution in [2.24, 2.45) is 0 Å². The Morgan fingerprint density at radius 3 is 2.48 bits per heavy atom. The normalized spacial score (nSPS) is 18.7. The van der Waals surface area contributed by atoms with E-state index in [1.807, 2.05) is 19.1 Å². The Labute approximate surface area is 150 Å². The molecule has 0 saturated carbocycles. The van der Waals surface area contributed by atoms with Gasteiger partial charge >= 0.3 is 0 Å². The Morgan fingerprint density at radius 2 is 1.84 bits per heavy atom. The zero-order valence-electron chi connectivity index (χ0n) is 14.1. The lowest BCUT2D eigenvalue weighted by atomic mass is 10.1. The predicted molar refractivity (Wildman–Crippen MR) is 94.8 cm³/mol. The number of carbonyl (C=O) groups is 1. The summed E-state index contributed by atoms with van der Waals surface area (Å²) in [5, 5.41) is 0.621. The highest BCUT2D eigenvalue weighted by Crippen LogP contribution is 2.27. The first-order chi connectivity index (χ1) is 11.9. The standard InChI is InChI=1S/C19H19ClF2N2O/c1-12-10-14(20)6-7-18(12)24-9-8-23(13(2)19(24)25)11-15-16(21)4-3-5-17(15)22/h3-7,10,13H,8-9,11H2,1-2H3/t13-/m0/s1. The van der Waals surface area contributed by atoms with E-state index in [4.69, 9.17) is 11.6 Å². The maximum Gasteiger partial charge on any atom is 0.244 e. The number of hydrogen-bond acceptors (Lipinski definition) is 2. The number of hydrogen-bond donors (Lipinski definition) is 0. The SMILES string of the molecule is Cc1cc(Cl)ccc1N1CCN(Cc2c(F)cccc2F)[C@@H](C)C1=O. The maximum absolute atomic E-state index is 13.9. The molecule has 3 nitrogen and oxygen atoms in total. The summed E-state index contributed by atoms with van der Waals surface area (Å²) in [4.78, 5) is 16.3. The summed E-state index contributed by atoms with van der Waals surface area (Å²) in [6.07, 6.45) is 0. The van der Waals surface area contributed by atoms with Crippen LogP contribution in [0.25, 0.3) is 0 Å². The Bertz CT molecular complexity index is 792. The molecule has 1 aliphatic heterocycles. The number of piperazine rings is 1. The van der Waals surface area contributed by atoms with E-state index in [2.05, 4.69) is 0 Å². The van der Waals surface area contributed by atoms with Crippen LogP contribution in [0, 0.1) is 18.6 Å². The van der Waals surface area contributed by atoms with Crippen LogP contribution in [0.2, 0.25) is 5.02 Å². The average molecular weight is 365 g/mol. The third kappa shape index (κ3) is 3.53. The highest BCUT2D eigenvalue weighted by atomic mass is 35.5. The number of nitrogens with zero attached hydrogens (tertiary/aromatic N) is 2. The van der Waals surface area contributed by atoms with E-state index in [9.17, 15) is 13.6 Å². The fourth-order valence-electron chi connectivity index (χ4n) is 3.18. The fourth-order valence-corrected chi connectivity index (χ4v) is 3.40. The zero-order valence-corrected chi connectivity index (χ0v) is 14.9. The van der Waals surface area contributed by atoms with Crippen molar-refractivity contribution < 1.29 is 13.6 Å². The van der Waals surface area contributed by atoms with Gasteiger partial charge in [-0.1, -0.05) is 17.7 Å². The van der Waals surface area contributed by atoms with Gasteiger partial charge in [-0.3, -0.25) is 9.69 Å². The van der Waals surface area contributed by atoms with Crippen LogP contribution in [0.1, 0.15) is 18.1 Å². The maximum atomic E-state index is 13.9. The molecule has 25 heavy (non-hydrogen) atoms. The van der Waals surface area contributed by atoms with Crippen molar-refractivity contribution in [2.75, 3.05) is 18.0 Å². The fraction of sp³-hybridized carbons (Fsp3) is 0.316. The molecule has 2 aromatic rings. The number of rotatable bonds is 3. The molecule has 132 valence electrons. The Hall–Kier alpha value is -1.98. The summed E-state index contributed by atoms with van der Waals surface area (Å²) in [6.45, 7) is 4.72. The van der Waals surface area contributed by atoms with Crippen molar-refractivity contribution in [3.05, 3.63) is 64.2 Å². The van der Waals surface area contributed by atoms with Crippen molar-refractivity contribution in [2.45, 2.75) is 26.4 Å². The number of amides is 1. The minimum Gasteiger partial charge on any atom is -0.310 e. The molecule has 1 saturated heterocycles. The number of halogens is 3. The summed E-state index contributed by atoms with van der Waals surface area (Å²) < 4.78 is 27.8. The zero-order chi connectivity index (χ0) is 18.1. The Balaban J connectivity index is 1.80. The molecule has 0 N–H and O–H groups in total. The molecular weight excluding hydrogens is 346 g/mol. The van der Waals surface area contributed by atoms with Crippen molar-refractivity contribution >= 4 is 23.2 Å². The molecule has 1 aliphatic rings. The molecule has 1 fully saturated rings. The average Bonchev–Trinajstić information content (AvgIpc) is 2.56. The van der Waals surface area contributed by atoms with Crippen LogP contribution < -0.4 is 4.90 Å². The minimum atomic E-state index is -0.587. The van der Waals surface area contributed by atoms with E-state index < -0.39 is 17.7 Å². The molecule has 0 aromatic heterocycles. The van der Waals surface area contributed by atoms with Gasteiger partial charge in [-0.05, 0) is 49.7 Å². The van der Waals surface area contributed by atoms with Crippen LogP contribution in [0.15, 0.2) is 36.4 Å². The van der Waals surface area contributed by atoms with Gasteiger partial charge < -0.3 is 4.90 Å². The summed E-state index contributed by atoms with van der Waals surface area (Å²) in [5.41, 5.74) is 1.73. The third-order valence-electron chi connectivity index (χ3n) is 4.65. The topological polar surface area (TPSA) is 23.6 Å². The largest absolute Gasteiger partial charge is 0.310 e. The molecular formula is C19H19ClF2N2O. The number of anilines is 1. The van der Waals surface area contributed by atoms with E-state index in [1.54, 1.807) is 22.8 Å². The lowest BCUT2D eigenvalue weighted by Gasteiger charge is -2.39. The molecule has 0 radical (unpaired) electrons. The molecule has 0 spiro atoms. The van der Waals surface area contributed by atoms with Crippen molar-refractivity contribution in [3.63, 3.8) is 0 Å². The van der Waals surface area contributed by atoms with Crippen molar-refractivity contribution in [1.29, 1.82) is 0 Å². The molecule has 1 atom stereocenters. The molecule has 1 heterocycles. The highest BCUT2D eigenvalue weighted by molar-refractivity contribution is 6.30. The van der Waals surface area contributed by atoms with E-state index in [-0.39, 0.29) is 18.0 Å². The van der Waals surface area contributed by atoms with Gasteiger partial charge in [-0.15, -0.1) is 0 Å². The highest BCUT2D eigenvalue weighted by Gasteiger charge is 2.33. The molecule has 1 amide bonds. The van der Waals surface area contributed by atoms with Crippen molar-refractivity contribution in [1.82, 2.24) is 4.90 Å². The van der Waals surface area contributed by atoms with Gasteiger partial charge in [0, 0.05) is 35.9 Å². The summed E-state index contributed by atoms with van der Waals surface area (Å²) in [5.74, 6) is -1.26. The van der Waals surface area contributed by atoms with E-state index in [0.29, 0.717) is 18.1 Å². The number of carbonyl (C=O) groups excluding carboxylic acids is 1. The second kappa shape index (κ2) is 7.10. The van der Waals surface area contributed by atoms with Gasteiger partial charge in [0.15, 0.2) is 0 Å².